The van der Waals surface area contributed by atoms with Gasteiger partial charge in [0, 0.05) is 7.05 Å². The number of hydrogen-bond acceptors (Lipinski definition) is 6. The standard InChI is InChI=1S/C12H13N5O3S/c1-17-7-15-11(14)12(17)21(18,19)16-10-8(6-13)4-3-5-9(10)20-2/h3-5,7,16H,14H2,1-2H3. The maximum absolute atomic E-state index is 12.4. The second-order valence-electron chi connectivity index (χ2n) is 4.15. The zero-order valence-electron chi connectivity index (χ0n) is 11.4. The molecule has 21 heavy (non-hydrogen) atoms. The van der Waals surface area contributed by atoms with Crippen molar-refractivity contribution in [3.8, 4) is 11.8 Å². The normalized spacial score (nSPS) is 10.9. The fourth-order valence-electron chi connectivity index (χ4n) is 1.85. The molecule has 0 atom stereocenters. The highest BCUT2D eigenvalue weighted by atomic mass is 32.2. The van der Waals surface area contributed by atoms with Crippen LogP contribution in [0.5, 0.6) is 5.75 Å². The van der Waals surface area contributed by atoms with Gasteiger partial charge < -0.3 is 15.0 Å². The molecular weight excluding hydrogens is 294 g/mol. The molecule has 2 aromatic rings. The van der Waals surface area contributed by atoms with E-state index in [4.69, 9.17) is 15.7 Å². The van der Waals surface area contributed by atoms with Crippen molar-refractivity contribution in [2.45, 2.75) is 5.03 Å². The van der Waals surface area contributed by atoms with Crippen LogP contribution >= 0.6 is 0 Å². The average Bonchev–Trinajstić information content (AvgIpc) is 2.78. The lowest BCUT2D eigenvalue weighted by molar-refractivity contribution is 0.416. The van der Waals surface area contributed by atoms with Gasteiger partial charge in [0.05, 0.1) is 19.0 Å². The molecule has 0 aliphatic heterocycles. The molecule has 0 saturated carbocycles. The predicted molar refractivity (Wildman–Crippen MR) is 76.1 cm³/mol. The first-order valence-electron chi connectivity index (χ1n) is 5.77. The fraction of sp³-hybridized carbons (Fsp3) is 0.167. The number of para-hydroxylation sites is 1. The largest absolute Gasteiger partial charge is 0.495 e. The summed E-state index contributed by atoms with van der Waals surface area (Å²) in [5, 5.41) is 8.91. The van der Waals surface area contributed by atoms with Gasteiger partial charge >= 0.3 is 0 Å². The van der Waals surface area contributed by atoms with Crippen LogP contribution in [0.1, 0.15) is 5.56 Å². The van der Waals surface area contributed by atoms with E-state index in [9.17, 15) is 8.42 Å². The second kappa shape index (κ2) is 5.34. The van der Waals surface area contributed by atoms with Crippen LogP contribution in [0, 0.1) is 11.3 Å². The number of nitrogen functional groups attached to an aromatic ring is 1. The van der Waals surface area contributed by atoms with Gasteiger partial charge in [-0.05, 0) is 12.1 Å². The summed E-state index contributed by atoms with van der Waals surface area (Å²) in [6.45, 7) is 0. The number of aromatic nitrogens is 2. The van der Waals surface area contributed by atoms with Crippen LogP contribution in [-0.2, 0) is 17.1 Å². The van der Waals surface area contributed by atoms with E-state index in [1.54, 1.807) is 12.1 Å². The third-order valence-electron chi connectivity index (χ3n) is 2.77. The lowest BCUT2D eigenvalue weighted by atomic mass is 10.2. The van der Waals surface area contributed by atoms with Crippen LogP contribution in [0.3, 0.4) is 0 Å². The van der Waals surface area contributed by atoms with Crippen molar-refractivity contribution < 1.29 is 13.2 Å². The minimum Gasteiger partial charge on any atom is -0.495 e. The first-order chi connectivity index (χ1) is 9.90. The monoisotopic (exact) mass is 307 g/mol. The number of nitriles is 1. The van der Waals surface area contributed by atoms with Crippen LogP contribution in [0.2, 0.25) is 0 Å². The minimum absolute atomic E-state index is 0.0584. The summed E-state index contributed by atoms with van der Waals surface area (Å²) in [4.78, 5) is 3.73. The number of ether oxygens (including phenoxy) is 1. The number of imidazole rings is 1. The summed E-state index contributed by atoms with van der Waals surface area (Å²) in [5.74, 6) is 0.108. The van der Waals surface area contributed by atoms with E-state index in [2.05, 4.69) is 9.71 Å². The van der Waals surface area contributed by atoms with Crippen LogP contribution in [-0.4, -0.2) is 25.1 Å². The number of methoxy groups -OCH3 is 1. The molecule has 0 aliphatic carbocycles. The molecule has 9 heteroatoms. The first-order valence-corrected chi connectivity index (χ1v) is 7.25. The number of sulfonamides is 1. The molecule has 1 aromatic carbocycles. The van der Waals surface area contributed by atoms with Gasteiger partial charge in [-0.2, -0.15) is 13.7 Å². The molecule has 0 saturated heterocycles. The van der Waals surface area contributed by atoms with Crippen molar-refractivity contribution in [2.24, 2.45) is 7.05 Å². The number of nitrogens with two attached hydrogens (primary N) is 1. The molecule has 1 aromatic heterocycles. The zero-order chi connectivity index (χ0) is 15.6. The van der Waals surface area contributed by atoms with Crippen molar-refractivity contribution in [2.75, 3.05) is 17.6 Å². The Morgan fingerprint density at radius 3 is 2.71 bits per heavy atom. The number of benzene rings is 1. The van der Waals surface area contributed by atoms with Gasteiger partial charge in [0.1, 0.15) is 17.5 Å². The number of hydrogen-bond donors (Lipinski definition) is 2. The summed E-state index contributed by atoms with van der Waals surface area (Å²) in [5.41, 5.74) is 5.77. The molecule has 2 rings (SSSR count). The Morgan fingerprint density at radius 2 is 2.19 bits per heavy atom. The van der Waals surface area contributed by atoms with E-state index in [-0.39, 0.29) is 27.8 Å². The predicted octanol–water partition coefficient (Wildman–Crippen LogP) is 0.683. The van der Waals surface area contributed by atoms with E-state index in [1.165, 1.54) is 31.1 Å². The van der Waals surface area contributed by atoms with Crippen LogP contribution in [0.15, 0.2) is 29.6 Å². The molecule has 0 bridgehead atoms. The van der Waals surface area contributed by atoms with E-state index >= 15 is 0 Å². The van der Waals surface area contributed by atoms with E-state index in [1.807, 2.05) is 6.07 Å². The van der Waals surface area contributed by atoms with Crippen molar-refractivity contribution in [1.82, 2.24) is 9.55 Å². The molecule has 0 fully saturated rings. The van der Waals surface area contributed by atoms with Gasteiger partial charge in [-0.25, -0.2) is 4.98 Å². The Morgan fingerprint density at radius 1 is 1.48 bits per heavy atom. The molecule has 0 aliphatic rings. The van der Waals surface area contributed by atoms with Crippen molar-refractivity contribution >= 4 is 21.5 Å². The summed E-state index contributed by atoms with van der Waals surface area (Å²) in [6.07, 6.45) is 1.29. The summed E-state index contributed by atoms with van der Waals surface area (Å²) >= 11 is 0. The first kappa shape index (κ1) is 14.7. The molecule has 0 amide bonds. The minimum atomic E-state index is -4.00. The second-order valence-corrected chi connectivity index (χ2v) is 5.74. The summed E-state index contributed by atoms with van der Waals surface area (Å²) in [6, 6.07) is 6.52. The van der Waals surface area contributed by atoms with Gasteiger partial charge in [0.15, 0.2) is 10.8 Å². The third-order valence-corrected chi connectivity index (χ3v) is 4.25. The van der Waals surface area contributed by atoms with E-state index < -0.39 is 10.0 Å². The number of nitrogens with zero attached hydrogens (tertiary/aromatic N) is 3. The Labute approximate surface area is 121 Å². The summed E-state index contributed by atoms with van der Waals surface area (Å²) < 4.78 is 33.5. The topological polar surface area (TPSA) is 123 Å². The van der Waals surface area contributed by atoms with Gasteiger partial charge in [0.25, 0.3) is 10.0 Å². The zero-order valence-corrected chi connectivity index (χ0v) is 12.2. The maximum Gasteiger partial charge on any atom is 0.281 e. The number of rotatable bonds is 4. The number of anilines is 2. The Hall–Kier alpha value is -2.73. The lowest BCUT2D eigenvalue weighted by Gasteiger charge is -2.13. The van der Waals surface area contributed by atoms with Gasteiger partial charge in [-0.1, -0.05) is 6.07 Å². The molecule has 1 heterocycles. The Bertz CT molecular complexity index is 800. The smallest absolute Gasteiger partial charge is 0.281 e. The Kier molecular flexibility index (Phi) is 3.73. The van der Waals surface area contributed by atoms with Crippen LogP contribution in [0.4, 0.5) is 11.5 Å². The SMILES string of the molecule is COc1cccc(C#N)c1NS(=O)(=O)c1c(N)ncn1C. The lowest BCUT2D eigenvalue weighted by Crippen LogP contribution is -2.18. The average molecular weight is 307 g/mol. The number of nitrogens with one attached hydrogen (secondary N) is 1. The van der Waals surface area contributed by atoms with Crippen LogP contribution < -0.4 is 15.2 Å². The van der Waals surface area contributed by atoms with Gasteiger partial charge in [-0.3, -0.25) is 4.72 Å². The van der Waals surface area contributed by atoms with E-state index in [0.29, 0.717) is 0 Å². The summed E-state index contributed by atoms with van der Waals surface area (Å²) in [7, 11) is -1.12. The van der Waals surface area contributed by atoms with Crippen molar-refractivity contribution in [3.05, 3.63) is 30.1 Å². The van der Waals surface area contributed by atoms with Gasteiger partial charge in [-0.15, -0.1) is 0 Å². The van der Waals surface area contributed by atoms with Crippen molar-refractivity contribution in [3.63, 3.8) is 0 Å². The van der Waals surface area contributed by atoms with E-state index in [0.717, 1.165) is 0 Å². The quantitative estimate of drug-likeness (QED) is 0.856. The molecule has 0 unspecified atom stereocenters. The highest BCUT2D eigenvalue weighted by Gasteiger charge is 2.25. The fourth-order valence-corrected chi connectivity index (χ4v) is 3.18. The molecule has 3 N–H and O–H groups in total. The molecular formula is C12H13N5O3S. The highest BCUT2D eigenvalue weighted by molar-refractivity contribution is 7.92. The molecule has 0 spiro atoms. The van der Waals surface area contributed by atoms with Gasteiger partial charge in [0.2, 0.25) is 0 Å². The molecule has 0 radical (unpaired) electrons. The highest BCUT2D eigenvalue weighted by Crippen LogP contribution is 2.30. The molecule has 8 nitrogen and oxygen atoms in total. The van der Waals surface area contributed by atoms with Crippen molar-refractivity contribution in [1.29, 1.82) is 5.26 Å². The molecule has 110 valence electrons. The third kappa shape index (κ3) is 2.61. The Balaban J connectivity index is 2.55. The van der Waals surface area contributed by atoms with Crippen LogP contribution in [0.25, 0.3) is 0 Å². The maximum atomic E-state index is 12.4. The number of aryl methyl sites for hydroxylation is 1.